The maximum absolute atomic E-state index is 6.00. The Kier molecular flexibility index (Phi) is 7.47. The Bertz CT molecular complexity index is 898. The Labute approximate surface area is 172 Å². The van der Waals surface area contributed by atoms with Crippen molar-refractivity contribution in [1.82, 2.24) is 10.3 Å². The molecule has 0 atom stereocenters. The summed E-state index contributed by atoms with van der Waals surface area (Å²) in [5, 5.41) is 3.41. The number of hydrogen-bond donors (Lipinski definition) is 2. The predicted octanol–water partition coefficient (Wildman–Crippen LogP) is 4.33. The minimum atomic E-state index is 0.0460. The van der Waals surface area contributed by atoms with Crippen molar-refractivity contribution >= 4 is 5.82 Å². The molecule has 0 unspecified atom stereocenters. The Hall–Kier alpha value is -3.05. The third-order valence-corrected chi connectivity index (χ3v) is 4.34. The van der Waals surface area contributed by atoms with Gasteiger partial charge in [-0.05, 0) is 56.6 Å². The molecule has 0 saturated carbocycles. The summed E-state index contributed by atoms with van der Waals surface area (Å²) in [5.41, 5.74) is 8.86. The molecule has 1 aromatic heterocycles. The fourth-order valence-corrected chi connectivity index (χ4v) is 3.00. The van der Waals surface area contributed by atoms with Crippen LogP contribution in [0.4, 0.5) is 5.82 Å². The normalized spacial score (nSPS) is 10.9. The number of pyridine rings is 1. The number of nitrogens with two attached hydrogens (primary N) is 1. The highest BCUT2D eigenvalue weighted by molar-refractivity contribution is 5.69. The number of ether oxygens (including phenoxy) is 2. The number of nitrogen functional groups attached to an aromatic ring is 1. The van der Waals surface area contributed by atoms with Crippen molar-refractivity contribution in [3.8, 4) is 22.8 Å². The third-order valence-electron chi connectivity index (χ3n) is 4.34. The van der Waals surface area contributed by atoms with E-state index in [1.807, 2.05) is 50.2 Å². The van der Waals surface area contributed by atoms with Crippen LogP contribution in [0.2, 0.25) is 0 Å². The van der Waals surface area contributed by atoms with E-state index in [1.165, 1.54) is 5.56 Å². The summed E-state index contributed by atoms with van der Waals surface area (Å²) < 4.78 is 11.9. The second kappa shape index (κ2) is 10.5. The van der Waals surface area contributed by atoms with Gasteiger partial charge in [-0.25, -0.2) is 4.98 Å². The van der Waals surface area contributed by atoms with Crippen LogP contribution in [0.3, 0.4) is 0 Å². The fourth-order valence-electron chi connectivity index (χ4n) is 3.00. The molecule has 0 fully saturated rings. The lowest BCUT2D eigenvalue weighted by atomic mass is 10.1. The van der Waals surface area contributed by atoms with Gasteiger partial charge in [-0.2, -0.15) is 0 Å². The first kappa shape index (κ1) is 20.7. The van der Waals surface area contributed by atoms with Gasteiger partial charge in [-0.15, -0.1) is 0 Å². The molecule has 0 aliphatic carbocycles. The summed E-state index contributed by atoms with van der Waals surface area (Å²) >= 11 is 0. The number of nitrogens with one attached hydrogen (secondary N) is 1. The second-order valence-electron chi connectivity index (χ2n) is 7.11. The van der Waals surface area contributed by atoms with Crippen LogP contribution in [-0.4, -0.2) is 30.8 Å². The van der Waals surface area contributed by atoms with Gasteiger partial charge in [0, 0.05) is 18.2 Å². The molecule has 1 heterocycles. The lowest BCUT2D eigenvalue weighted by Crippen LogP contribution is -2.23. The van der Waals surface area contributed by atoms with Crippen LogP contribution >= 0.6 is 0 Å². The number of aromatic nitrogens is 1. The van der Waals surface area contributed by atoms with Crippen LogP contribution in [0.25, 0.3) is 11.3 Å². The van der Waals surface area contributed by atoms with Gasteiger partial charge in [-0.3, -0.25) is 0 Å². The van der Waals surface area contributed by atoms with E-state index >= 15 is 0 Å². The van der Waals surface area contributed by atoms with Crippen molar-refractivity contribution < 1.29 is 9.47 Å². The molecule has 0 saturated heterocycles. The number of hydrogen-bond acceptors (Lipinski definition) is 5. The van der Waals surface area contributed by atoms with Gasteiger partial charge >= 0.3 is 0 Å². The van der Waals surface area contributed by atoms with E-state index in [2.05, 4.69) is 34.6 Å². The van der Waals surface area contributed by atoms with E-state index in [0.717, 1.165) is 42.3 Å². The zero-order valence-electron chi connectivity index (χ0n) is 17.1. The van der Waals surface area contributed by atoms with Crippen molar-refractivity contribution in [3.05, 3.63) is 72.3 Å². The Morgan fingerprint density at radius 2 is 1.79 bits per heavy atom. The maximum atomic E-state index is 6.00. The van der Waals surface area contributed by atoms with Crippen molar-refractivity contribution in [1.29, 1.82) is 0 Å². The van der Waals surface area contributed by atoms with Gasteiger partial charge in [0.15, 0.2) is 0 Å². The molecule has 152 valence electrons. The number of rotatable bonds is 10. The summed E-state index contributed by atoms with van der Waals surface area (Å²) in [4.78, 5) is 4.41. The highest BCUT2D eigenvalue weighted by Crippen LogP contribution is 2.33. The van der Waals surface area contributed by atoms with Crippen molar-refractivity contribution in [3.63, 3.8) is 0 Å². The monoisotopic (exact) mass is 391 g/mol. The number of nitrogens with zero attached hydrogens (tertiary/aromatic N) is 1. The van der Waals surface area contributed by atoms with Crippen LogP contribution in [-0.2, 0) is 6.42 Å². The number of benzene rings is 2. The first-order chi connectivity index (χ1) is 14.1. The molecule has 0 spiro atoms. The summed E-state index contributed by atoms with van der Waals surface area (Å²) in [5.74, 6) is 2.01. The molecule has 5 heteroatoms. The minimum Gasteiger partial charge on any atom is -0.492 e. The zero-order valence-corrected chi connectivity index (χ0v) is 17.1. The molecule has 5 nitrogen and oxygen atoms in total. The quantitative estimate of drug-likeness (QED) is 0.504. The van der Waals surface area contributed by atoms with Crippen molar-refractivity contribution in [2.75, 3.05) is 25.4 Å². The van der Waals surface area contributed by atoms with Gasteiger partial charge < -0.3 is 20.5 Å². The Morgan fingerprint density at radius 1 is 0.966 bits per heavy atom. The van der Waals surface area contributed by atoms with Gasteiger partial charge in [0.1, 0.15) is 23.9 Å². The maximum Gasteiger partial charge on any atom is 0.132 e. The lowest BCUT2D eigenvalue weighted by Gasteiger charge is -2.16. The van der Waals surface area contributed by atoms with Crippen LogP contribution in [0.5, 0.6) is 11.5 Å². The summed E-state index contributed by atoms with van der Waals surface area (Å²) in [6.07, 6.45) is 1.06. The van der Waals surface area contributed by atoms with Crippen LogP contribution in [0, 0.1) is 0 Å². The molecule has 0 radical (unpaired) electrons. The Balaban J connectivity index is 1.55. The average Bonchev–Trinajstić information content (AvgIpc) is 2.71. The lowest BCUT2D eigenvalue weighted by molar-refractivity contribution is 0.241. The van der Waals surface area contributed by atoms with Crippen LogP contribution < -0.4 is 20.5 Å². The molecular formula is C24H29N3O2. The minimum absolute atomic E-state index is 0.0460. The van der Waals surface area contributed by atoms with E-state index in [4.69, 9.17) is 15.2 Å². The van der Waals surface area contributed by atoms with Gasteiger partial charge in [0.2, 0.25) is 0 Å². The molecule has 0 bridgehead atoms. The molecule has 3 aromatic rings. The van der Waals surface area contributed by atoms with Gasteiger partial charge in [0.25, 0.3) is 0 Å². The topological polar surface area (TPSA) is 69.4 Å². The highest BCUT2D eigenvalue weighted by atomic mass is 16.5. The molecular weight excluding hydrogens is 362 g/mol. The second-order valence-corrected chi connectivity index (χ2v) is 7.11. The molecule has 0 aliphatic rings. The van der Waals surface area contributed by atoms with Gasteiger partial charge in [0.05, 0.1) is 11.8 Å². The SMILES string of the molecule is CC(C)Oc1cc(OCCNCCc2ccccc2)ccc1-c1cccc(N)n1. The first-order valence-electron chi connectivity index (χ1n) is 10.0. The molecule has 0 aliphatic heterocycles. The molecule has 2 aromatic carbocycles. The standard InChI is InChI=1S/C24H29N3O2/c1-18(2)29-23-17-20(11-12-21(23)22-9-6-10-24(25)27-22)28-16-15-26-14-13-19-7-4-3-5-8-19/h3-12,17-18,26H,13-16H2,1-2H3,(H2,25,27). The highest BCUT2D eigenvalue weighted by Gasteiger charge is 2.11. The Morgan fingerprint density at radius 3 is 2.55 bits per heavy atom. The smallest absolute Gasteiger partial charge is 0.132 e. The zero-order chi connectivity index (χ0) is 20.5. The summed E-state index contributed by atoms with van der Waals surface area (Å²) in [6.45, 7) is 6.30. The van der Waals surface area contributed by atoms with E-state index in [0.29, 0.717) is 12.4 Å². The first-order valence-corrected chi connectivity index (χ1v) is 10.0. The third kappa shape index (κ3) is 6.50. The van der Waals surface area contributed by atoms with Gasteiger partial charge in [-0.1, -0.05) is 36.4 Å². The van der Waals surface area contributed by atoms with Crippen LogP contribution in [0.1, 0.15) is 19.4 Å². The fraction of sp³-hybridized carbons (Fsp3) is 0.292. The van der Waals surface area contributed by atoms with E-state index in [-0.39, 0.29) is 6.10 Å². The van der Waals surface area contributed by atoms with E-state index in [9.17, 15) is 0 Å². The molecule has 0 amide bonds. The predicted molar refractivity (Wildman–Crippen MR) is 118 cm³/mol. The summed E-state index contributed by atoms with van der Waals surface area (Å²) in [7, 11) is 0. The number of anilines is 1. The van der Waals surface area contributed by atoms with E-state index in [1.54, 1.807) is 6.07 Å². The largest absolute Gasteiger partial charge is 0.492 e. The van der Waals surface area contributed by atoms with Crippen molar-refractivity contribution in [2.45, 2.75) is 26.4 Å². The summed E-state index contributed by atoms with van der Waals surface area (Å²) in [6, 6.07) is 21.9. The molecule has 29 heavy (non-hydrogen) atoms. The van der Waals surface area contributed by atoms with Crippen LogP contribution in [0.15, 0.2) is 66.7 Å². The molecule has 3 rings (SSSR count). The average molecular weight is 392 g/mol. The van der Waals surface area contributed by atoms with E-state index < -0.39 is 0 Å². The van der Waals surface area contributed by atoms with Crippen molar-refractivity contribution in [2.24, 2.45) is 0 Å². The molecule has 3 N–H and O–H groups in total.